The Morgan fingerprint density at radius 2 is 1.14 bits per heavy atom. The van der Waals surface area contributed by atoms with Crippen molar-refractivity contribution in [1.82, 2.24) is 9.44 Å². The van der Waals surface area contributed by atoms with Gasteiger partial charge in [0, 0.05) is 13.8 Å². The Bertz CT molecular complexity index is 1140. The van der Waals surface area contributed by atoms with E-state index in [-0.39, 0.29) is 9.79 Å². The van der Waals surface area contributed by atoms with Crippen molar-refractivity contribution in [3.05, 3.63) is 48.5 Å². The molecule has 0 unspecified atom stereocenters. The van der Waals surface area contributed by atoms with E-state index in [9.17, 15) is 26.4 Å². The molecule has 2 aromatic carbocycles. The van der Waals surface area contributed by atoms with Gasteiger partial charge >= 0.3 is 0 Å². The molecular formula is C16H17N5O6S2. The fourth-order valence-corrected chi connectivity index (χ4v) is 4.02. The van der Waals surface area contributed by atoms with Crippen LogP contribution in [-0.4, -0.2) is 28.6 Å². The number of hydrogen-bond donors (Lipinski definition) is 3. The van der Waals surface area contributed by atoms with Crippen molar-refractivity contribution < 1.29 is 26.4 Å². The number of hydrogen-bond acceptors (Lipinski definition) is 8. The molecule has 3 N–H and O–H groups in total. The van der Waals surface area contributed by atoms with E-state index in [0.29, 0.717) is 11.4 Å². The van der Waals surface area contributed by atoms with E-state index < -0.39 is 31.9 Å². The predicted octanol–water partition coefficient (Wildman–Crippen LogP) is 1.45. The normalized spacial score (nSPS) is 11.8. The van der Waals surface area contributed by atoms with Gasteiger partial charge in [0.05, 0.1) is 21.2 Å². The van der Waals surface area contributed by atoms with Crippen LogP contribution in [-0.2, 0) is 29.6 Å². The molecule has 11 nitrogen and oxygen atoms in total. The van der Waals surface area contributed by atoms with Gasteiger partial charge in [0.2, 0.25) is 11.8 Å². The summed E-state index contributed by atoms with van der Waals surface area (Å²) in [7, 11) is -7.85. The van der Waals surface area contributed by atoms with Crippen LogP contribution in [0.25, 0.3) is 0 Å². The van der Waals surface area contributed by atoms with Gasteiger partial charge in [-0.05, 0) is 48.5 Å². The third kappa shape index (κ3) is 6.36. The summed E-state index contributed by atoms with van der Waals surface area (Å²) >= 11 is 0. The lowest BCUT2D eigenvalue weighted by Gasteiger charge is -2.05. The minimum absolute atomic E-state index is 0.0915. The molecule has 0 aliphatic heterocycles. The van der Waals surface area contributed by atoms with Crippen LogP contribution in [0.15, 0.2) is 68.7 Å². The molecule has 0 aliphatic carbocycles. The molecule has 0 heterocycles. The maximum atomic E-state index is 11.8. The molecule has 0 atom stereocenters. The van der Waals surface area contributed by atoms with Crippen molar-refractivity contribution in [2.24, 2.45) is 10.3 Å². The first-order valence-corrected chi connectivity index (χ1v) is 10.9. The summed E-state index contributed by atoms with van der Waals surface area (Å²) in [6.45, 7) is 2.18. The van der Waals surface area contributed by atoms with E-state index in [4.69, 9.17) is 0 Å². The number of nitrogens with zero attached hydrogens (tertiary/aromatic N) is 2. The van der Waals surface area contributed by atoms with Gasteiger partial charge < -0.3 is 0 Å². The van der Waals surface area contributed by atoms with Gasteiger partial charge in [-0.3, -0.25) is 15.0 Å². The van der Waals surface area contributed by atoms with Crippen molar-refractivity contribution in [3.63, 3.8) is 0 Å². The van der Waals surface area contributed by atoms with Crippen LogP contribution >= 0.6 is 0 Å². The molecule has 0 aromatic heterocycles. The predicted molar refractivity (Wildman–Crippen MR) is 103 cm³/mol. The second-order valence-corrected chi connectivity index (χ2v) is 9.02. The van der Waals surface area contributed by atoms with Crippen molar-refractivity contribution in [3.8, 4) is 0 Å². The lowest BCUT2D eigenvalue weighted by Crippen LogP contribution is -2.28. The molecule has 0 bridgehead atoms. The quantitative estimate of drug-likeness (QED) is 0.434. The Hall–Kier alpha value is -3.32. The van der Waals surface area contributed by atoms with E-state index >= 15 is 0 Å². The summed E-state index contributed by atoms with van der Waals surface area (Å²) < 4.78 is 51.1. The minimum Gasteiger partial charge on any atom is -0.274 e. The molecule has 0 fully saturated rings. The molecule has 154 valence electrons. The summed E-state index contributed by atoms with van der Waals surface area (Å²) in [5, 5.41) is 7.58. The standard InChI is InChI=1S/C16H17N5O6S2/c1-11(22)19-28(24,25)15-7-3-13(4-8-15)17-21-18-14-5-9-16(10-6-14)29(26,27)20-12(2)23/h3-10H,1-2H3,(H,17,18)(H,19,22)(H,20,23). The molecule has 0 aliphatic rings. The maximum Gasteiger partial charge on any atom is 0.264 e. The molecular weight excluding hydrogens is 422 g/mol. The van der Waals surface area contributed by atoms with Gasteiger partial charge in [-0.15, -0.1) is 5.11 Å². The van der Waals surface area contributed by atoms with Crippen LogP contribution in [0, 0.1) is 0 Å². The average molecular weight is 439 g/mol. The molecule has 29 heavy (non-hydrogen) atoms. The Kier molecular flexibility index (Phi) is 6.66. The second kappa shape index (κ2) is 8.79. The highest BCUT2D eigenvalue weighted by atomic mass is 32.2. The smallest absolute Gasteiger partial charge is 0.264 e. The monoisotopic (exact) mass is 439 g/mol. The number of rotatable bonds is 7. The fourth-order valence-electron chi connectivity index (χ4n) is 2.04. The van der Waals surface area contributed by atoms with Crippen LogP contribution in [0.2, 0.25) is 0 Å². The lowest BCUT2D eigenvalue weighted by molar-refractivity contribution is -0.118. The summed E-state index contributed by atoms with van der Waals surface area (Å²) in [4.78, 5) is 21.6. The third-order valence-corrected chi connectivity index (χ3v) is 6.11. The lowest BCUT2D eigenvalue weighted by atomic mass is 10.3. The second-order valence-electron chi connectivity index (χ2n) is 5.65. The highest BCUT2D eigenvalue weighted by molar-refractivity contribution is 7.90. The van der Waals surface area contributed by atoms with Crippen LogP contribution in [0.4, 0.5) is 11.4 Å². The zero-order chi connectivity index (χ0) is 21.7. The number of anilines is 1. The highest BCUT2D eigenvalue weighted by Crippen LogP contribution is 2.18. The van der Waals surface area contributed by atoms with Crippen LogP contribution in [0.5, 0.6) is 0 Å². The SMILES string of the molecule is CC(=O)NS(=O)(=O)c1ccc(N=NNc2ccc(S(=O)(=O)NC(C)=O)cc2)cc1. The van der Waals surface area contributed by atoms with Gasteiger partial charge in [-0.25, -0.2) is 26.3 Å². The van der Waals surface area contributed by atoms with Gasteiger partial charge in [0.1, 0.15) is 0 Å². The summed E-state index contributed by atoms with van der Waals surface area (Å²) in [5.41, 5.74) is 3.35. The van der Waals surface area contributed by atoms with Gasteiger partial charge in [-0.2, -0.15) is 0 Å². The highest BCUT2D eigenvalue weighted by Gasteiger charge is 2.15. The number of sulfonamides is 2. The van der Waals surface area contributed by atoms with E-state index in [0.717, 1.165) is 13.8 Å². The first-order chi connectivity index (χ1) is 13.5. The molecule has 13 heteroatoms. The van der Waals surface area contributed by atoms with Crippen molar-refractivity contribution in [1.29, 1.82) is 0 Å². The first kappa shape index (κ1) is 22.0. The Labute approximate surface area is 167 Å². The minimum atomic E-state index is -3.93. The largest absolute Gasteiger partial charge is 0.274 e. The zero-order valence-electron chi connectivity index (χ0n) is 15.3. The number of nitrogens with one attached hydrogen (secondary N) is 3. The van der Waals surface area contributed by atoms with Crippen molar-refractivity contribution in [2.45, 2.75) is 23.6 Å². The number of carbonyl (C=O) groups excluding carboxylic acids is 2. The zero-order valence-corrected chi connectivity index (χ0v) is 16.9. The van der Waals surface area contributed by atoms with E-state index in [1.807, 2.05) is 9.44 Å². The maximum absolute atomic E-state index is 11.8. The van der Waals surface area contributed by atoms with E-state index in [2.05, 4.69) is 15.8 Å². The first-order valence-electron chi connectivity index (χ1n) is 7.93. The van der Waals surface area contributed by atoms with E-state index in [1.165, 1.54) is 48.5 Å². The number of benzene rings is 2. The van der Waals surface area contributed by atoms with Crippen LogP contribution in [0.1, 0.15) is 13.8 Å². The van der Waals surface area contributed by atoms with Gasteiger partial charge in [0.15, 0.2) is 0 Å². The third-order valence-electron chi connectivity index (χ3n) is 3.21. The molecule has 2 amide bonds. The average Bonchev–Trinajstić information content (AvgIpc) is 2.60. The van der Waals surface area contributed by atoms with E-state index in [1.54, 1.807) is 0 Å². The van der Waals surface area contributed by atoms with Crippen LogP contribution in [0.3, 0.4) is 0 Å². The summed E-state index contributed by atoms with van der Waals surface area (Å²) in [6.07, 6.45) is 0. The molecule has 2 aromatic rings. The molecule has 0 spiro atoms. The Morgan fingerprint density at radius 3 is 1.55 bits per heavy atom. The number of amides is 2. The Balaban J connectivity index is 2.03. The fraction of sp³-hybridized carbons (Fsp3) is 0.125. The molecule has 0 saturated carbocycles. The van der Waals surface area contributed by atoms with Crippen molar-refractivity contribution in [2.75, 3.05) is 5.43 Å². The van der Waals surface area contributed by atoms with Gasteiger partial charge in [-0.1, -0.05) is 5.22 Å². The van der Waals surface area contributed by atoms with Crippen molar-refractivity contribution >= 4 is 43.2 Å². The number of carbonyl (C=O) groups is 2. The molecule has 2 rings (SSSR count). The Morgan fingerprint density at radius 1 is 0.724 bits per heavy atom. The van der Waals surface area contributed by atoms with Gasteiger partial charge in [0.25, 0.3) is 20.0 Å². The van der Waals surface area contributed by atoms with Crippen LogP contribution < -0.4 is 14.9 Å². The molecule has 0 radical (unpaired) electrons. The summed E-state index contributed by atoms with van der Waals surface area (Å²) in [5.74, 6) is -1.40. The summed E-state index contributed by atoms with van der Waals surface area (Å²) in [6, 6.07) is 10.7. The topological polar surface area (TPSA) is 163 Å². The molecule has 0 saturated heterocycles.